The van der Waals surface area contributed by atoms with Gasteiger partial charge in [0.2, 0.25) is 0 Å². The molecule has 2 nitrogen and oxygen atoms in total. The number of aromatic nitrogens is 2. The van der Waals surface area contributed by atoms with Gasteiger partial charge in [-0.1, -0.05) is 12.1 Å². The van der Waals surface area contributed by atoms with Crippen LogP contribution in [0.4, 0.5) is 0 Å². The molecule has 0 fully saturated rings. The van der Waals surface area contributed by atoms with Gasteiger partial charge in [-0.15, -0.1) is 22.9 Å². The third-order valence-corrected chi connectivity index (χ3v) is 4.91. The molecule has 0 saturated heterocycles. The molecule has 2 atom stereocenters. The van der Waals surface area contributed by atoms with E-state index in [1.165, 1.54) is 9.75 Å². The molecule has 3 rings (SSSR count). The molecule has 1 aromatic carbocycles. The maximum Gasteiger partial charge on any atom is 0.128 e. The molecule has 0 saturated carbocycles. The van der Waals surface area contributed by atoms with Crippen molar-refractivity contribution in [2.24, 2.45) is 0 Å². The number of rotatable bonds is 3. The highest BCUT2D eigenvalue weighted by atomic mass is 35.5. The Balaban J connectivity index is 2.20. The summed E-state index contributed by atoms with van der Waals surface area (Å²) in [5.41, 5.74) is 2.16. The minimum atomic E-state index is -0.106. The average molecular weight is 305 g/mol. The Kier molecular flexibility index (Phi) is 3.57. The molecule has 0 aliphatic heterocycles. The molecule has 2 unspecified atom stereocenters. The third kappa shape index (κ3) is 2.25. The number of imidazole rings is 1. The van der Waals surface area contributed by atoms with Gasteiger partial charge in [0, 0.05) is 9.75 Å². The van der Waals surface area contributed by atoms with Crippen LogP contribution in [0.25, 0.3) is 11.0 Å². The first kappa shape index (κ1) is 13.7. The van der Waals surface area contributed by atoms with E-state index in [2.05, 4.69) is 42.7 Å². The molecule has 2 aromatic heterocycles. The summed E-state index contributed by atoms with van der Waals surface area (Å²) in [6.07, 6.45) is 0. The smallest absolute Gasteiger partial charge is 0.128 e. The molecule has 4 heteroatoms. The molecule has 0 N–H and O–H groups in total. The Morgan fingerprint density at radius 3 is 2.55 bits per heavy atom. The highest BCUT2D eigenvalue weighted by Crippen LogP contribution is 2.33. The predicted octanol–water partition coefficient (Wildman–Crippen LogP) is 5.32. The summed E-state index contributed by atoms with van der Waals surface area (Å²) in [4.78, 5) is 7.37. The number of hydrogen-bond acceptors (Lipinski definition) is 2. The van der Waals surface area contributed by atoms with Crippen molar-refractivity contribution in [2.75, 3.05) is 0 Å². The van der Waals surface area contributed by atoms with Crippen LogP contribution in [0, 0.1) is 6.92 Å². The number of halogens is 1. The summed E-state index contributed by atoms with van der Waals surface area (Å²) in [6, 6.07) is 12.8. The van der Waals surface area contributed by atoms with E-state index in [9.17, 15) is 0 Å². The molecule has 104 valence electrons. The number of hydrogen-bond donors (Lipinski definition) is 0. The van der Waals surface area contributed by atoms with E-state index < -0.39 is 0 Å². The fourth-order valence-corrected chi connectivity index (χ4v) is 3.63. The minimum absolute atomic E-state index is 0.106. The summed E-state index contributed by atoms with van der Waals surface area (Å²) in [7, 11) is 0. The van der Waals surface area contributed by atoms with Crippen molar-refractivity contribution in [2.45, 2.75) is 32.2 Å². The Morgan fingerprint density at radius 1 is 1.15 bits per heavy atom. The summed E-state index contributed by atoms with van der Waals surface area (Å²) in [6.45, 7) is 6.33. The van der Waals surface area contributed by atoms with E-state index in [-0.39, 0.29) is 11.4 Å². The quantitative estimate of drug-likeness (QED) is 0.599. The molecule has 0 radical (unpaired) electrons. The zero-order chi connectivity index (χ0) is 14.3. The van der Waals surface area contributed by atoms with E-state index in [1.807, 2.05) is 30.4 Å². The van der Waals surface area contributed by atoms with Gasteiger partial charge >= 0.3 is 0 Å². The van der Waals surface area contributed by atoms with Crippen LogP contribution in [0.5, 0.6) is 0 Å². The number of thiophene rings is 1. The second-order valence-electron chi connectivity index (χ2n) is 5.07. The molecule has 0 bridgehead atoms. The summed E-state index contributed by atoms with van der Waals surface area (Å²) in [5.74, 6) is 0.936. The summed E-state index contributed by atoms with van der Waals surface area (Å²) < 4.78 is 2.26. The Labute approximate surface area is 128 Å². The van der Waals surface area contributed by atoms with Crippen LogP contribution in [-0.2, 0) is 0 Å². The molecule has 0 aliphatic carbocycles. The van der Waals surface area contributed by atoms with Crippen molar-refractivity contribution in [3.63, 3.8) is 0 Å². The highest BCUT2D eigenvalue weighted by Gasteiger charge is 2.20. The molecule has 2 heterocycles. The number of aryl methyl sites for hydroxylation is 1. The van der Waals surface area contributed by atoms with Gasteiger partial charge in [0.25, 0.3) is 0 Å². The maximum absolute atomic E-state index is 6.34. The number of benzene rings is 1. The summed E-state index contributed by atoms with van der Waals surface area (Å²) in [5, 5.41) is -0.106. The highest BCUT2D eigenvalue weighted by molar-refractivity contribution is 7.12. The van der Waals surface area contributed by atoms with Gasteiger partial charge in [-0.05, 0) is 45.0 Å². The normalized spacial score (nSPS) is 14.6. The zero-order valence-corrected chi connectivity index (χ0v) is 13.4. The van der Waals surface area contributed by atoms with Crippen LogP contribution in [0.3, 0.4) is 0 Å². The van der Waals surface area contributed by atoms with Crippen LogP contribution in [-0.4, -0.2) is 9.55 Å². The van der Waals surface area contributed by atoms with Crippen LogP contribution in [0.15, 0.2) is 36.4 Å². The van der Waals surface area contributed by atoms with Gasteiger partial charge in [-0.2, -0.15) is 0 Å². The monoisotopic (exact) mass is 304 g/mol. The third-order valence-electron chi connectivity index (χ3n) is 3.54. The molecule has 0 amide bonds. The van der Waals surface area contributed by atoms with Gasteiger partial charge in [0.05, 0.1) is 22.5 Å². The molecule has 3 aromatic rings. The lowest BCUT2D eigenvalue weighted by molar-refractivity contribution is 0.628. The van der Waals surface area contributed by atoms with E-state index in [4.69, 9.17) is 16.6 Å². The van der Waals surface area contributed by atoms with Crippen LogP contribution < -0.4 is 0 Å². The Hall–Kier alpha value is -1.32. The minimum Gasteiger partial charge on any atom is -0.319 e. The largest absolute Gasteiger partial charge is 0.319 e. The number of alkyl halides is 1. The molecule has 0 spiro atoms. The number of nitrogens with zero attached hydrogens (tertiary/aromatic N) is 2. The molecule has 0 aliphatic rings. The van der Waals surface area contributed by atoms with Crippen molar-refractivity contribution in [1.82, 2.24) is 9.55 Å². The number of para-hydroxylation sites is 2. The van der Waals surface area contributed by atoms with Gasteiger partial charge in [0.15, 0.2) is 0 Å². The van der Waals surface area contributed by atoms with Crippen molar-refractivity contribution in [3.05, 3.63) is 52.0 Å². The topological polar surface area (TPSA) is 17.8 Å². The SMILES string of the molecule is Cc1ccc(C(C)n2c(C(C)Cl)nc3ccccc32)s1. The van der Waals surface area contributed by atoms with Crippen LogP contribution >= 0.6 is 22.9 Å². The first-order valence-corrected chi connectivity index (χ1v) is 8.00. The standard InChI is InChI=1S/C16H17ClN2S/c1-10-8-9-15(20-10)12(3)19-14-7-5-4-6-13(14)18-16(19)11(2)17/h4-9,11-12H,1-3H3. The van der Waals surface area contributed by atoms with Crippen molar-refractivity contribution >= 4 is 34.0 Å². The van der Waals surface area contributed by atoms with E-state index in [0.29, 0.717) is 0 Å². The van der Waals surface area contributed by atoms with Crippen LogP contribution in [0.2, 0.25) is 0 Å². The van der Waals surface area contributed by atoms with Gasteiger partial charge in [-0.25, -0.2) is 4.98 Å². The first-order valence-electron chi connectivity index (χ1n) is 6.75. The lowest BCUT2D eigenvalue weighted by Gasteiger charge is -2.17. The lowest BCUT2D eigenvalue weighted by Crippen LogP contribution is -2.10. The van der Waals surface area contributed by atoms with Crippen molar-refractivity contribution < 1.29 is 0 Å². The fraction of sp³-hybridized carbons (Fsp3) is 0.312. The van der Waals surface area contributed by atoms with E-state index >= 15 is 0 Å². The maximum atomic E-state index is 6.34. The average Bonchev–Trinajstić information content (AvgIpc) is 3.01. The van der Waals surface area contributed by atoms with Gasteiger partial charge in [0.1, 0.15) is 5.82 Å². The van der Waals surface area contributed by atoms with E-state index in [0.717, 1.165) is 16.9 Å². The lowest BCUT2D eigenvalue weighted by atomic mass is 10.2. The molecule has 20 heavy (non-hydrogen) atoms. The molecular weight excluding hydrogens is 288 g/mol. The van der Waals surface area contributed by atoms with Crippen molar-refractivity contribution in [1.29, 1.82) is 0 Å². The Morgan fingerprint density at radius 2 is 1.90 bits per heavy atom. The zero-order valence-electron chi connectivity index (χ0n) is 11.8. The second-order valence-corrected chi connectivity index (χ2v) is 7.04. The molecular formula is C16H17ClN2S. The Bertz CT molecular complexity index is 742. The first-order chi connectivity index (χ1) is 9.58. The number of fused-ring (bicyclic) bond motifs is 1. The summed E-state index contributed by atoms with van der Waals surface area (Å²) >= 11 is 8.17. The van der Waals surface area contributed by atoms with Gasteiger partial charge < -0.3 is 4.57 Å². The second kappa shape index (κ2) is 5.23. The fourth-order valence-electron chi connectivity index (χ4n) is 2.56. The van der Waals surface area contributed by atoms with Crippen molar-refractivity contribution in [3.8, 4) is 0 Å². The predicted molar refractivity (Wildman–Crippen MR) is 86.9 cm³/mol. The van der Waals surface area contributed by atoms with E-state index in [1.54, 1.807) is 0 Å². The van der Waals surface area contributed by atoms with Crippen LogP contribution in [0.1, 0.15) is 40.8 Å². The van der Waals surface area contributed by atoms with Gasteiger partial charge in [-0.3, -0.25) is 0 Å².